The van der Waals surface area contributed by atoms with E-state index < -0.39 is 23.9 Å². The van der Waals surface area contributed by atoms with Gasteiger partial charge >= 0.3 is 0 Å². The average Bonchev–Trinajstić information content (AvgIpc) is 3.52. The molecule has 168 valence electrons. The van der Waals surface area contributed by atoms with Crippen LogP contribution in [0.3, 0.4) is 0 Å². The molecular formula is C21H17ClN6O5. The molecule has 1 saturated heterocycles. The summed E-state index contributed by atoms with van der Waals surface area (Å²) >= 11 is 6.19. The number of aromatic nitrogens is 2. The van der Waals surface area contributed by atoms with Crippen LogP contribution in [0.4, 0.5) is 5.69 Å². The van der Waals surface area contributed by atoms with Crippen molar-refractivity contribution >= 4 is 29.1 Å². The zero-order chi connectivity index (χ0) is 23.1. The van der Waals surface area contributed by atoms with Crippen LogP contribution in [0.5, 0.6) is 11.5 Å². The molecule has 0 N–H and O–H groups in total. The molecule has 33 heavy (non-hydrogen) atoms. The standard InChI is InChI=1S/C21H17ClN6O5/c1-31-12-7-11(8-13(9-12)32-2)28-20(29)17-18(21(28)30)27(26-24-17)10-16-23-19(25-33-16)14-5-3-4-6-15(14)22/h3-9,17-18H,10H2,1-2H3/t17-,18-/m0/s1. The first kappa shape index (κ1) is 20.9. The molecule has 3 aromatic rings. The highest BCUT2D eigenvalue weighted by Gasteiger charge is 2.55. The average molecular weight is 469 g/mol. The van der Waals surface area contributed by atoms with E-state index in [0.29, 0.717) is 33.6 Å². The lowest BCUT2D eigenvalue weighted by atomic mass is 10.1. The van der Waals surface area contributed by atoms with Gasteiger partial charge < -0.3 is 14.0 Å². The fourth-order valence-electron chi connectivity index (χ4n) is 3.74. The molecule has 0 unspecified atom stereocenters. The van der Waals surface area contributed by atoms with Crippen molar-refractivity contribution in [1.29, 1.82) is 0 Å². The van der Waals surface area contributed by atoms with Gasteiger partial charge in [-0.15, -0.1) is 0 Å². The van der Waals surface area contributed by atoms with Gasteiger partial charge in [0.1, 0.15) is 18.0 Å². The van der Waals surface area contributed by atoms with Crippen LogP contribution in [0.2, 0.25) is 5.02 Å². The second kappa shape index (κ2) is 8.17. The number of amides is 2. The number of ether oxygens (including phenoxy) is 2. The Hall–Kier alpha value is -3.99. The van der Waals surface area contributed by atoms with Gasteiger partial charge in [-0.2, -0.15) is 10.1 Å². The zero-order valence-corrected chi connectivity index (χ0v) is 18.3. The van der Waals surface area contributed by atoms with Crippen molar-refractivity contribution in [1.82, 2.24) is 15.1 Å². The maximum Gasteiger partial charge on any atom is 0.263 e. The van der Waals surface area contributed by atoms with Gasteiger partial charge in [-0.05, 0) is 12.1 Å². The van der Waals surface area contributed by atoms with Gasteiger partial charge in [-0.25, -0.2) is 4.90 Å². The third-order valence-corrected chi connectivity index (χ3v) is 5.66. The van der Waals surface area contributed by atoms with Crippen LogP contribution in [0.25, 0.3) is 11.4 Å². The van der Waals surface area contributed by atoms with Crippen molar-refractivity contribution < 1.29 is 23.6 Å². The lowest BCUT2D eigenvalue weighted by Crippen LogP contribution is -2.39. The number of benzene rings is 2. The van der Waals surface area contributed by atoms with Crippen molar-refractivity contribution in [3.8, 4) is 22.9 Å². The fraction of sp³-hybridized carbons (Fsp3) is 0.238. The van der Waals surface area contributed by atoms with Gasteiger partial charge in [-0.1, -0.05) is 34.1 Å². The van der Waals surface area contributed by atoms with Crippen LogP contribution < -0.4 is 14.4 Å². The van der Waals surface area contributed by atoms with Gasteiger partial charge in [-0.3, -0.25) is 14.6 Å². The van der Waals surface area contributed by atoms with E-state index in [1.54, 1.807) is 36.4 Å². The normalized spacial score (nSPS) is 19.4. The molecule has 2 aliphatic heterocycles. The summed E-state index contributed by atoms with van der Waals surface area (Å²) in [7, 11) is 2.97. The van der Waals surface area contributed by atoms with Crippen LogP contribution in [-0.2, 0) is 16.1 Å². The molecule has 0 aliphatic carbocycles. The van der Waals surface area contributed by atoms with Gasteiger partial charge in [0.25, 0.3) is 11.8 Å². The molecule has 0 radical (unpaired) electrons. The number of nitrogens with zero attached hydrogens (tertiary/aromatic N) is 6. The topological polar surface area (TPSA) is 123 Å². The molecule has 2 atom stereocenters. The number of hydrogen-bond donors (Lipinski definition) is 0. The lowest BCUT2D eigenvalue weighted by molar-refractivity contribution is -0.123. The molecule has 0 bridgehead atoms. The minimum Gasteiger partial charge on any atom is -0.497 e. The molecule has 1 aromatic heterocycles. The maximum absolute atomic E-state index is 13.2. The molecule has 12 heteroatoms. The van der Waals surface area contributed by atoms with Crippen LogP contribution in [0.15, 0.2) is 57.3 Å². The largest absolute Gasteiger partial charge is 0.497 e. The predicted molar refractivity (Wildman–Crippen MR) is 115 cm³/mol. The van der Waals surface area contributed by atoms with Crippen LogP contribution in [0.1, 0.15) is 5.89 Å². The van der Waals surface area contributed by atoms with Crippen LogP contribution >= 0.6 is 11.6 Å². The second-order valence-electron chi connectivity index (χ2n) is 7.27. The SMILES string of the molecule is COc1cc(OC)cc(N2C(=O)[C@H]3N=NN(Cc4nc(-c5ccccc5Cl)no4)[C@@H]3C2=O)c1. The summed E-state index contributed by atoms with van der Waals surface area (Å²) in [6, 6.07) is 9.99. The quantitative estimate of drug-likeness (QED) is 0.506. The van der Waals surface area contributed by atoms with Crippen molar-refractivity contribution in [3.63, 3.8) is 0 Å². The molecule has 2 aliphatic rings. The first-order valence-electron chi connectivity index (χ1n) is 9.86. The first-order chi connectivity index (χ1) is 16.0. The van der Waals surface area contributed by atoms with E-state index in [0.717, 1.165) is 4.90 Å². The Kier molecular flexibility index (Phi) is 5.17. The highest BCUT2D eigenvalue weighted by atomic mass is 35.5. The van der Waals surface area contributed by atoms with E-state index in [-0.39, 0.29) is 12.4 Å². The summed E-state index contributed by atoms with van der Waals surface area (Å²) in [4.78, 5) is 31.6. The Bertz CT molecular complexity index is 1260. The lowest BCUT2D eigenvalue weighted by Gasteiger charge is -2.20. The molecule has 2 amide bonds. The number of halogens is 1. The van der Waals surface area contributed by atoms with E-state index in [1.165, 1.54) is 19.2 Å². The van der Waals surface area contributed by atoms with Crippen molar-refractivity contribution in [2.45, 2.75) is 18.6 Å². The third kappa shape index (κ3) is 3.55. The number of hydrogen-bond acceptors (Lipinski definition) is 10. The zero-order valence-electron chi connectivity index (χ0n) is 17.5. The number of methoxy groups -OCH3 is 2. The minimum absolute atomic E-state index is 0.00356. The Labute approximate surface area is 192 Å². The van der Waals surface area contributed by atoms with E-state index in [9.17, 15) is 9.59 Å². The Balaban J connectivity index is 1.39. The highest BCUT2D eigenvalue weighted by Crippen LogP contribution is 2.36. The van der Waals surface area contributed by atoms with E-state index >= 15 is 0 Å². The molecule has 11 nitrogen and oxygen atoms in total. The van der Waals surface area contributed by atoms with E-state index in [4.69, 9.17) is 25.6 Å². The fourth-order valence-corrected chi connectivity index (χ4v) is 3.96. The number of rotatable bonds is 6. The highest BCUT2D eigenvalue weighted by molar-refractivity contribution is 6.33. The minimum atomic E-state index is -0.972. The Morgan fingerprint density at radius 3 is 2.48 bits per heavy atom. The van der Waals surface area contributed by atoms with Crippen molar-refractivity contribution in [2.24, 2.45) is 10.3 Å². The smallest absolute Gasteiger partial charge is 0.263 e. The summed E-state index contributed by atoms with van der Waals surface area (Å²) < 4.78 is 15.8. The maximum atomic E-state index is 13.2. The van der Waals surface area contributed by atoms with Gasteiger partial charge in [0.2, 0.25) is 11.7 Å². The first-order valence-corrected chi connectivity index (χ1v) is 10.2. The summed E-state index contributed by atoms with van der Waals surface area (Å²) in [5, 5.41) is 13.8. The molecule has 1 fully saturated rings. The van der Waals surface area contributed by atoms with Gasteiger partial charge in [0.05, 0.1) is 24.9 Å². The molecule has 3 heterocycles. The molecule has 2 aromatic carbocycles. The predicted octanol–water partition coefficient (Wildman–Crippen LogP) is 2.90. The molecular weight excluding hydrogens is 452 g/mol. The number of anilines is 1. The van der Waals surface area contributed by atoms with Gasteiger partial charge in [0, 0.05) is 23.8 Å². The summed E-state index contributed by atoms with van der Waals surface area (Å²) in [5.41, 5.74) is 0.935. The molecule has 0 saturated carbocycles. The summed E-state index contributed by atoms with van der Waals surface area (Å²) in [5.74, 6) is 0.426. The van der Waals surface area contributed by atoms with Crippen molar-refractivity contribution in [2.75, 3.05) is 19.1 Å². The number of imide groups is 1. The number of carbonyl (C=O) groups is 2. The summed E-state index contributed by atoms with van der Waals surface area (Å²) in [6.07, 6.45) is 0. The monoisotopic (exact) mass is 468 g/mol. The number of carbonyl (C=O) groups excluding carboxylic acids is 2. The third-order valence-electron chi connectivity index (χ3n) is 5.33. The van der Waals surface area contributed by atoms with Gasteiger partial charge in [0.15, 0.2) is 12.1 Å². The molecule has 5 rings (SSSR count). The Morgan fingerprint density at radius 1 is 1.06 bits per heavy atom. The summed E-state index contributed by atoms with van der Waals surface area (Å²) in [6.45, 7) is -0.00356. The second-order valence-corrected chi connectivity index (χ2v) is 7.67. The van der Waals surface area contributed by atoms with E-state index in [2.05, 4.69) is 20.5 Å². The number of fused-ring (bicyclic) bond motifs is 1. The van der Waals surface area contributed by atoms with Crippen LogP contribution in [0, 0.1) is 0 Å². The van der Waals surface area contributed by atoms with E-state index in [1.807, 2.05) is 6.07 Å². The Morgan fingerprint density at radius 2 is 1.79 bits per heavy atom. The molecule has 0 spiro atoms. The van der Waals surface area contributed by atoms with Crippen molar-refractivity contribution in [3.05, 3.63) is 53.4 Å². The van der Waals surface area contributed by atoms with Crippen LogP contribution in [-0.4, -0.2) is 53.3 Å².